The van der Waals surface area contributed by atoms with Crippen LogP contribution in [0.5, 0.6) is 0 Å². The predicted molar refractivity (Wildman–Crippen MR) is 123 cm³/mol. The summed E-state index contributed by atoms with van der Waals surface area (Å²) in [6.07, 6.45) is 3.67. The van der Waals surface area contributed by atoms with Gasteiger partial charge in [0.25, 0.3) is 0 Å². The lowest BCUT2D eigenvalue weighted by Gasteiger charge is -2.18. The van der Waals surface area contributed by atoms with Gasteiger partial charge in [0.2, 0.25) is 5.91 Å². The first-order valence-corrected chi connectivity index (χ1v) is 10.9. The molecule has 1 heterocycles. The van der Waals surface area contributed by atoms with Crippen LogP contribution < -0.4 is 10.6 Å². The molecule has 174 valence electrons. The monoisotopic (exact) mass is 460 g/mol. The van der Waals surface area contributed by atoms with E-state index in [0.29, 0.717) is 12.1 Å². The number of fused-ring (bicyclic) bond motifs is 3. The second-order valence-electron chi connectivity index (χ2n) is 7.86. The smallest absolute Gasteiger partial charge is 0.407 e. The molecule has 34 heavy (non-hydrogen) atoms. The van der Waals surface area contributed by atoms with Crippen LogP contribution in [0.3, 0.4) is 0 Å². The van der Waals surface area contributed by atoms with Crippen molar-refractivity contribution < 1.29 is 24.2 Å². The normalized spacial score (nSPS) is 12.8. The highest BCUT2D eigenvalue weighted by molar-refractivity contribution is 5.89. The molecular formula is C25H24N4O5. The molecule has 1 aliphatic carbocycles. The molecule has 0 saturated heterocycles. The lowest BCUT2D eigenvalue weighted by Crippen LogP contribution is -2.48. The molecule has 0 saturated carbocycles. The zero-order valence-electron chi connectivity index (χ0n) is 18.3. The van der Waals surface area contributed by atoms with E-state index in [4.69, 9.17) is 4.74 Å². The van der Waals surface area contributed by atoms with E-state index < -0.39 is 30.4 Å². The number of alkyl carbamates (subject to hydrolysis) is 1. The average molecular weight is 460 g/mol. The number of nitrogens with one attached hydrogen (secondary N) is 2. The van der Waals surface area contributed by atoms with Crippen molar-refractivity contribution in [3.63, 3.8) is 0 Å². The van der Waals surface area contributed by atoms with Gasteiger partial charge in [-0.3, -0.25) is 19.6 Å². The fourth-order valence-corrected chi connectivity index (χ4v) is 4.06. The number of carboxylic acid groups (broad SMARTS) is 1. The summed E-state index contributed by atoms with van der Waals surface area (Å²) < 4.78 is 5.43. The van der Waals surface area contributed by atoms with Gasteiger partial charge in [0.15, 0.2) is 0 Å². The Kier molecular flexibility index (Phi) is 7.12. The van der Waals surface area contributed by atoms with Crippen LogP contribution >= 0.6 is 0 Å². The van der Waals surface area contributed by atoms with Crippen molar-refractivity contribution in [3.8, 4) is 11.1 Å². The van der Waals surface area contributed by atoms with Crippen LogP contribution in [0.15, 0.2) is 67.1 Å². The Labute approximate surface area is 196 Å². The van der Waals surface area contributed by atoms with Gasteiger partial charge in [-0.1, -0.05) is 48.5 Å². The Morgan fingerprint density at radius 2 is 1.68 bits per heavy atom. The number of aromatic nitrogens is 2. The molecule has 4 rings (SSSR count). The fraction of sp³-hybridized carbons (Fsp3) is 0.240. The minimum absolute atomic E-state index is 0.0634. The van der Waals surface area contributed by atoms with Crippen molar-refractivity contribution in [1.82, 2.24) is 20.6 Å². The second kappa shape index (κ2) is 10.6. The van der Waals surface area contributed by atoms with Crippen molar-refractivity contribution in [3.05, 3.63) is 83.9 Å². The van der Waals surface area contributed by atoms with E-state index in [-0.39, 0.29) is 19.1 Å². The highest BCUT2D eigenvalue weighted by Crippen LogP contribution is 2.44. The molecule has 2 aromatic carbocycles. The number of amides is 2. The van der Waals surface area contributed by atoms with Crippen LogP contribution in [0, 0.1) is 0 Å². The molecule has 1 unspecified atom stereocenters. The first-order valence-electron chi connectivity index (χ1n) is 10.9. The lowest BCUT2D eigenvalue weighted by molar-refractivity contribution is -0.139. The molecule has 3 N–H and O–H groups in total. The van der Waals surface area contributed by atoms with Crippen LogP contribution in [0.1, 0.15) is 29.2 Å². The number of ether oxygens (including phenoxy) is 1. The van der Waals surface area contributed by atoms with Gasteiger partial charge < -0.3 is 20.5 Å². The van der Waals surface area contributed by atoms with Crippen LogP contribution in [-0.4, -0.2) is 52.2 Å². The fourth-order valence-electron chi connectivity index (χ4n) is 4.06. The number of carboxylic acids is 1. The molecule has 0 aliphatic heterocycles. The zero-order chi connectivity index (χ0) is 23.9. The van der Waals surface area contributed by atoms with Gasteiger partial charge in [0.05, 0.1) is 12.1 Å². The Hall–Kier alpha value is -4.27. The standard InChI is InChI=1S/C25H24N4O5/c30-23(31)13-22(24(32)28-10-9-16-14-26-11-12-27-16)29-25(33)34-15-21-19-7-3-1-5-17(19)18-6-2-4-8-20(18)21/h1-8,11-12,14,21-22H,9-10,13,15H2,(H,28,32)(H,29,33)(H,30,31). The van der Waals surface area contributed by atoms with Crippen molar-refractivity contribution in [2.75, 3.05) is 13.2 Å². The van der Waals surface area contributed by atoms with Crippen LogP contribution in [0.4, 0.5) is 4.79 Å². The summed E-state index contributed by atoms with van der Waals surface area (Å²) in [7, 11) is 0. The van der Waals surface area contributed by atoms with E-state index in [2.05, 4.69) is 20.6 Å². The third-order valence-corrected chi connectivity index (χ3v) is 5.63. The van der Waals surface area contributed by atoms with Crippen LogP contribution in [0.2, 0.25) is 0 Å². The molecule has 9 heteroatoms. The molecule has 1 atom stereocenters. The van der Waals surface area contributed by atoms with E-state index in [1.807, 2.05) is 48.5 Å². The number of nitrogens with zero attached hydrogens (tertiary/aromatic N) is 2. The van der Waals surface area contributed by atoms with Crippen molar-refractivity contribution >= 4 is 18.0 Å². The highest BCUT2D eigenvalue weighted by Gasteiger charge is 2.30. The topological polar surface area (TPSA) is 131 Å². The molecule has 0 fully saturated rings. The number of benzene rings is 2. The number of carbonyl (C=O) groups is 3. The Morgan fingerprint density at radius 3 is 2.29 bits per heavy atom. The van der Waals surface area contributed by atoms with Crippen molar-refractivity contribution in [1.29, 1.82) is 0 Å². The van der Waals surface area contributed by atoms with E-state index in [1.54, 1.807) is 18.6 Å². The molecule has 0 radical (unpaired) electrons. The summed E-state index contributed by atoms with van der Waals surface area (Å²) in [6.45, 7) is 0.286. The molecular weight excluding hydrogens is 436 g/mol. The Balaban J connectivity index is 1.35. The van der Waals surface area contributed by atoms with Gasteiger partial charge >= 0.3 is 12.1 Å². The number of rotatable bonds is 9. The summed E-state index contributed by atoms with van der Waals surface area (Å²) in [5, 5.41) is 14.2. The highest BCUT2D eigenvalue weighted by atomic mass is 16.5. The van der Waals surface area contributed by atoms with E-state index in [0.717, 1.165) is 22.3 Å². The third-order valence-electron chi connectivity index (χ3n) is 5.63. The van der Waals surface area contributed by atoms with Crippen LogP contribution in [0.25, 0.3) is 11.1 Å². The minimum Gasteiger partial charge on any atom is -0.481 e. The molecule has 0 bridgehead atoms. The number of aliphatic carboxylic acids is 1. The van der Waals surface area contributed by atoms with Gasteiger partial charge in [-0.2, -0.15) is 0 Å². The number of hydrogen-bond acceptors (Lipinski definition) is 6. The minimum atomic E-state index is -1.27. The number of hydrogen-bond donors (Lipinski definition) is 3. The molecule has 3 aromatic rings. The Morgan fingerprint density at radius 1 is 1.00 bits per heavy atom. The molecule has 1 aromatic heterocycles. The SMILES string of the molecule is O=C(O)CC(NC(=O)OCC1c2ccccc2-c2ccccc21)C(=O)NCCc1cnccn1. The van der Waals surface area contributed by atoms with Gasteiger partial charge in [0.1, 0.15) is 12.6 Å². The van der Waals surface area contributed by atoms with E-state index >= 15 is 0 Å². The Bertz CT molecular complexity index is 1140. The average Bonchev–Trinajstić information content (AvgIpc) is 3.16. The summed E-state index contributed by atoms with van der Waals surface area (Å²) in [4.78, 5) is 44.3. The molecule has 9 nitrogen and oxygen atoms in total. The summed E-state index contributed by atoms with van der Waals surface area (Å²) in [5.41, 5.74) is 4.99. The van der Waals surface area contributed by atoms with E-state index in [9.17, 15) is 19.5 Å². The van der Waals surface area contributed by atoms with Crippen LogP contribution in [-0.2, 0) is 20.7 Å². The van der Waals surface area contributed by atoms with Gasteiger partial charge in [-0.05, 0) is 22.3 Å². The van der Waals surface area contributed by atoms with Crippen molar-refractivity contribution in [2.24, 2.45) is 0 Å². The lowest BCUT2D eigenvalue weighted by atomic mass is 9.98. The van der Waals surface area contributed by atoms with E-state index in [1.165, 1.54) is 0 Å². The molecule has 1 aliphatic rings. The maximum atomic E-state index is 12.5. The van der Waals surface area contributed by atoms with Crippen molar-refractivity contribution in [2.45, 2.75) is 24.8 Å². The zero-order valence-corrected chi connectivity index (χ0v) is 18.3. The van der Waals surface area contributed by atoms with Gasteiger partial charge in [-0.15, -0.1) is 0 Å². The third kappa shape index (κ3) is 5.37. The first-order chi connectivity index (χ1) is 16.5. The van der Waals surface area contributed by atoms with Gasteiger partial charge in [-0.25, -0.2) is 4.79 Å². The second-order valence-corrected chi connectivity index (χ2v) is 7.86. The number of carbonyl (C=O) groups excluding carboxylic acids is 2. The van der Waals surface area contributed by atoms with Gasteiger partial charge in [0, 0.05) is 37.5 Å². The largest absolute Gasteiger partial charge is 0.481 e. The summed E-state index contributed by atoms with van der Waals surface area (Å²) in [6, 6.07) is 14.6. The maximum absolute atomic E-state index is 12.5. The first kappa shape index (κ1) is 22.9. The predicted octanol–water partition coefficient (Wildman–Crippen LogP) is 2.52. The molecule has 0 spiro atoms. The molecule has 2 amide bonds. The maximum Gasteiger partial charge on any atom is 0.407 e. The summed E-state index contributed by atoms with van der Waals surface area (Å²) in [5.74, 6) is -1.97. The quantitative estimate of drug-likeness (QED) is 0.447. The summed E-state index contributed by atoms with van der Waals surface area (Å²) >= 11 is 0.